The third-order valence-electron chi connectivity index (χ3n) is 3.22. The topological polar surface area (TPSA) is 12.0 Å². The lowest BCUT2D eigenvalue weighted by Gasteiger charge is -2.19. The molecule has 0 bridgehead atoms. The predicted molar refractivity (Wildman–Crippen MR) is 95.7 cm³/mol. The molecule has 1 unspecified atom stereocenters. The predicted octanol–water partition coefficient (Wildman–Crippen LogP) is 6.30. The molecule has 1 N–H and O–H groups in total. The van der Waals surface area contributed by atoms with E-state index < -0.39 is 0 Å². The van der Waals surface area contributed by atoms with Crippen LogP contribution in [-0.4, -0.2) is 6.54 Å². The Morgan fingerprint density at radius 1 is 1.00 bits per heavy atom. The molecule has 0 saturated heterocycles. The Bertz CT molecular complexity index is 631. The van der Waals surface area contributed by atoms with Crippen LogP contribution >= 0.6 is 50.7 Å². The summed E-state index contributed by atoms with van der Waals surface area (Å²) in [7, 11) is 0. The Morgan fingerprint density at radius 3 is 2.33 bits per heavy atom. The number of halogens is 4. The van der Waals surface area contributed by atoms with Gasteiger partial charge in [-0.25, -0.2) is 0 Å². The number of hydrogen-bond acceptors (Lipinski definition) is 1. The summed E-state index contributed by atoms with van der Waals surface area (Å²) in [5.74, 6) is 0. The molecule has 0 amide bonds. The van der Waals surface area contributed by atoms with Gasteiger partial charge in [0.15, 0.2) is 0 Å². The van der Waals surface area contributed by atoms with Crippen LogP contribution in [0.5, 0.6) is 0 Å². The number of rotatable bonds is 5. The highest BCUT2D eigenvalue weighted by Gasteiger charge is 2.13. The summed E-state index contributed by atoms with van der Waals surface area (Å²) >= 11 is 21.6. The molecule has 0 aliphatic heterocycles. The highest BCUT2D eigenvalue weighted by atomic mass is 79.9. The van der Waals surface area contributed by atoms with Crippen molar-refractivity contribution in [3.63, 3.8) is 0 Å². The molecule has 0 aliphatic carbocycles. The fraction of sp³-hybridized carbons (Fsp3) is 0.250. The van der Waals surface area contributed by atoms with Gasteiger partial charge in [0.2, 0.25) is 0 Å². The van der Waals surface area contributed by atoms with Crippen molar-refractivity contribution >= 4 is 50.7 Å². The SMILES string of the molecule is CCNC(Cc1ccc(Cl)c(Cl)c1)c1ccc(Cl)c(Br)c1. The highest BCUT2D eigenvalue weighted by Crippen LogP contribution is 2.29. The molecule has 0 radical (unpaired) electrons. The van der Waals surface area contributed by atoms with Gasteiger partial charge < -0.3 is 5.32 Å². The van der Waals surface area contributed by atoms with Crippen LogP contribution in [0, 0.1) is 0 Å². The lowest BCUT2D eigenvalue weighted by Crippen LogP contribution is -2.23. The van der Waals surface area contributed by atoms with Crippen LogP contribution < -0.4 is 5.32 Å². The van der Waals surface area contributed by atoms with Gasteiger partial charge in [-0.15, -0.1) is 0 Å². The molecule has 21 heavy (non-hydrogen) atoms. The van der Waals surface area contributed by atoms with E-state index in [0.29, 0.717) is 15.1 Å². The van der Waals surface area contributed by atoms with E-state index in [9.17, 15) is 0 Å². The second-order valence-corrected chi connectivity index (χ2v) is 6.81. The van der Waals surface area contributed by atoms with Gasteiger partial charge in [0, 0.05) is 10.5 Å². The smallest absolute Gasteiger partial charge is 0.0595 e. The molecule has 0 spiro atoms. The molecule has 0 fully saturated rings. The Hall–Kier alpha value is -0.250. The van der Waals surface area contributed by atoms with E-state index in [1.54, 1.807) is 0 Å². The van der Waals surface area contributed by atoms with Crippen LogP contribution in [0.25, 0.3) is 0 Å². The van der Waals surface area contributed by atoms with Crippen LogP contribution in [0.15, 0.2) is 40.9 Å². The van der Waals surface area contributed by atoms with Crippen molar-refractivity contribution in [2.75, 3.05) is 6.54 Å². The average molecular weight is 408 g/mol. The third-order valence-corrected chi connectivity index (χ3v) is 5.17. The van der Waals surface area contributed by atoms with Crippen LogP contribution in [0.2, 0.25) is 15.1 Å². The largest absolute Gasteiger partial charge is 0.310 e. The summed E-state index contributed by atoms with van der Waals surface area (Å²) in [4.78, 5) is 0. The summed E-state index contributed by atoms with van der Waals surface area (Å²) in [6.45, 7) is 2.97. The number of likely N-dealkylation sites (N-methyl/N-ethyl adjacent to an activating group) is 1. The summed E-state index contributed by atoms with van der Waals surface area (Å²) in [5.41, 5.74) is 2.32. The van der Waals surface area contributed by atoms with Crippen molar-refractivity contribution < 1.29 is 0 Å². The van der Waals surface area contributed by atoms with E-state index in [0.717, 1.165) is 23.0 Å². The van der Waals surface area contributed by atoms with Gasteiger partial charge in [-0.3, -0.25) is 0 Å². The fourth-order valence-electron chi connectivity index (χ4n) is 2.19. The molecule has 0 saturated carbocycles. The maximum atomic E-state index is 6.09. The van der Waals surface area contributed by atoms with E-state index >= 15 is 0 Å². The first kappa shape index (κ1) is 17.1. The van der Waals surface area contributed by atoms with Gasteiger partial charge >= 0.3 is 0 Å². The zero-order chi connectivity index (χ0) is 15.4. The van der Waals surface area contributed by atoms with Crippen LogP contribution in [0.1, 0.15) is 24.1 Å². The molecule has 0 heterocycles. The molecule has 0 aromatic heterocycles. The van der Waals surface area contributed by atoms with E-state index in [1.807, 2.05) is 36.4 Å². The standard InChI is InChI=1S/C16H15BrCl3N/c1-2-21-16(11-4-6-13(18)12(17)9-11)8-10-3-5-14(19)15(20)7-10/h3-7,9,16,21H,2,8H2,1H3. The van der Waals surface area contributed by atoms with Crippen LogP contribution in [0.4, 0.5) is 0 Å². The zero-order valence-corrected chi connectivity index (χ0v) is 15.3. The molecule has 2 rings (SSSR count). The molecule has 112 valence electrons. The monoisotopic (exact) mass is 405 g/mol. The molecule has 5 heteroatoms. The minimum atomic E-state index is 0.195. The van der Waals surface area contributed by atoms with Gasteiger partial charge in [-0.1, -0.05) is 53.9 Å². The van der Waals surface area contributed by atoms with Gasteiger partial charge in [0.05, 0.1) is 15.1 Å². The summed E-state index contributed by atoms with van der Waals surface area (Å²) in [5, 5.41) is 5.36. The number of benzene rings is 2. The first-order valence-electron chi connectivity index (χ1n) is 6.63. The molecule has 2 aromatic carbocycles. The Labute approximate surface area is 148 Å². The molecule has 1 atom stereocenters. The molecular formula is C16H15BrCl3N. The van der Waals surface area contributed by atoms with Gasteiger partial charge in [0.25, 0.3) is 0 Å². The zero-order valence-electron chi connectivity index (χ0n) is 11.5. The maximum absolute atomic E-state index is 6.09. The van der Waals surface area contributed by atoms with Crippen molar-refractivity contribution in [3.8, 4) is 0 Å². The lowest BCUT2D eigenvalue weighted by molar-refractivity contribution is 0.549. The van der Waals surface area contributed by atoms with Gasteiger partial charge in [0.1, 0.15) is 0 Å². The summed E-state index contributed by atoms with van der Waals surface area (Å²) in [6.07, 6.45) is 0.832. The van der Waals surface area contributed by atoms with Crippen molar-refractivity contribution in [1.29, 1.82) is 0 Å². The second kappa shape index (κ2) is 7.85. The molecule has 1 nitrogen and oxygen atoms in total. The van der Waals surface area contributed by atoms with E-state index in [4.69, 9.17) is 34.8 Å². The third kappa shape index (κ3) is 4.61. The fourth-order valence-corrected chi connectivity index (χ4v) is 3.02. The summed E-state index contributed by atoms with van der Waals surface area (Å²) < 4.78 is 0.902. The first-order valence-corrected chi connectivity index (χ1v) is 8.56. The van der Waals surface area contributed by atoms with Gasteiger partial charge in [-0.05, 0) is 64.3 Å². The maximum Gasteiger partial charge on any atom is 0.0595 e. The second-order valence-electron chi connectivity index (χ2n) is 4.74. The number of hydrogen-bond donors (Lipinski definition) is 1. The highest BCUT2D eigenvalue weighted by molar-refractivity contribution is 9.10. The van der Waals surface area contributed by atoms with E-state index in [1.165, 1.54) is 5.56 Å². The molecular weight excluding hydrogens is 392 g/mol. The molecule has 2 aromatic rings. The Kier molecular flexibility index (Phi) is 6.39. The quantitative estimate of drug-likeness (QED) is 0.613. The van der Waals surface area contributed by atoms with Crippen LogP contribution in [-0.2, 0) is 6.42 Å². The summed E-state index contributed by atoms with van der Waals surface area (Å²) in [6, 6.07) is 11.9. The Balaban J connectivity index is 2.25. The number of nitrogens with one attached hydrogen (secondary N) is 1. The molecule has 0 aliphatic rings. The van der Waals surface area contributed by atoms with E-state index in [2.05, 4.69) is 28.2 Å². The lowest BCUT2D eigenvalue weighted by atomic mass is 9.99. The van der Waals surface area contributed by atoms with Crippen molar-refractivity contribution in [2.45, 2.75) is 19.4 Å². The van der Waals surface area contributed by atoms with E-state index in [-0.39, 0.29) is 6.04 Å². The minimum absolute atomic E-state index is 0.195. The van der Waals surface area contributed by atoms with Gasteiger partial charge in [-0.2, -0.15) is 0 Å². The average Bonchev–Trinajstić information content (AvgIpc) is 2.45. The Morgan fingerprint density at radius 2 is 1.71 bits per heavy atom. The van der Waals surface area contributed by atoms with Crippen molar-refractivity contribution in [3.05, 3.63) is 67.1 Å². The minimum Gasteiger partial charge on any atom is -0.310 e. The van der Waals surface area contributed by atoms with Crippen LogP contribution in [0.3, 0.4) is 0 Å². The van der Waals surface area contributed by atoms with Crippen molar-refractivity contribution in [2.24, 2.45) is 0 Å². The van der Waals surface area contributed by atoms with Crippen molar-refractivity contribution in [1.82, 2.24) is 5.32 Å². The normalized spacial score (nSPS) is 12.4. The first-order chi connectivity index (χ1) is 10.0.